The van der Waals surface area contributed by atoms with E-state index in [2.05, 4.69) is 15.3 Å². The van der Waals surface area contributed by atoms with Crippen LogP contribution < -0.4 is 16.8 Å². The molecule has 1 aromatic carbocycles. The van der Waals surface area contributed by atoms with Crippen molar-refractivity contribution in [2.45, 2.75) is 19.5 Å². The summed E-state index contributed by atoms with van der Waals surface area (Å²) in [7, 11) is 0. The van der Waals surface area contributed by atoms with Crippen molar-refractivity contribution in [3.63, 3.8) is 0 Å². The van der Waals surface area contributed by atoms with Gasteiger partial charge in [-0.2, -0.15) is 10.1 Å². The monoisotopic (exact) mass is 324 g/mol. The van der Waals surface area contributed by atoms with E-state index >= 15 is 0 Å². The lowest BCUT2D eigenvalue weighted by Gasteiger charge is -2.36. The molecule has 5 N–H and O–H groups in total. The predicted octanol–water partition coefficient (Wildman–Crippen LogP) is 0.891. The first-order chi connectivity index (χ1) is 10.3. The minimum absolute atomic E-state index is 0.0387. The molecule has 0 spiro atoms. The highest BCUT2D eigenvalue weighted by Crippen LogP contribution is 2.19. The number of hydrogen-bond donors (Lipinski definition) is 3. The molecule has 2 rings (SSSR count). The summed E-state index contributed by atoms with van der Waals surface area (Å²) in [4.78, 5) is 25.2. The quantitative estimate of drug-likeness (QED) is 0.760. The van der Waals surface area contributed by atoms with Crippen molar-refractivity contribution in [2.75, 3.05) is 11.9 Å². The van der Waals surface area contributed by atoms with E-state index in [9.17, 15) is 4.79 Å². The summed E-state index contributed by atoms with van der Waals surface area (Å²) < 4.78 is 0. The van der Waals surface area contributed by atoms with E-state index in [0.717, 1.165) is 0 Å². The number of nitrogens with one attached hydrogen (secondary N) is 1. The summed E-state index contributed by atoms with van der Waals surface area (Å²) in [6.45, 7) is 3.22. The Morgan fingerprint density at radius 2 is 2.00 bits per heavy atom. The third-order valence-electron chi connectivity index (χ3n) is 2.78. The Hall–Kier alpha value is -2.32. The maximum absolute atomic E-state index is 11.9. The predicted molar refractivity (Wildman–Crippen MR) is 85.2 cm³/mol. The first kappa shape index (κ1) is 16.1. The number of halogens is 1. The van der Waals surface area contributed by atoms with Crippen molar-refractivity contribution in [3.8, 4) is 0 Å². The molecule has 1 heterocycles. The van der Waals surface area contributed by atoms with Gasteiger partial charge >= 0.3 is 0 Å². The number of aliphatic imine (C=N–C) groups is 2. The van der Waals surface area contributed by atoms with Crippen LogP contribution in [0.2, 0.25) is 5.02 Å². The number of rotatable bonds is 4. The highest BCUT2D eigenvalue weighted by molar-refractivity contribution is 6.30. The average Bonchev–Trinajstić information content (AvgIpc) is 2.39. The number of hydrogen-bond acceptors (Lipinski definition) is 7. The van der Waals surface area contributed by atoms with Gasteiger partial charge in [-0.05, 0) is 38.1 Å². The van der Waals surface area contributed by atoms with Gasteiger partial charge in [0.1, 0.15) is 0 Å². The number of hydroxylamine groups is 2. The highest BCUT2D eigenvalue weighted by Gasteiger charge is 2.33. The summed E-state index contributed by atoms with van der Waals surface area (Å²) in [5.74, 6) is -0.252. The lowest BCUT2D eigenvalue weighted by atomic mass is 10.2. The van der Waals surface area contributed by atoms with Crippen molar-refractivity contribution >= 4 is 35.1 Å². The Bertz CT molecular complexity index is 626. The van der Waals surface area contributed by atoms with Crippen LogP contribution in [0.25, 0.3) is 0 Å². The van der Waals surface area contributed by atoms with Gasteiger partial charge in [0.2, 0.25) is 11.9 Å². The standard InChI is InChI=1S/C13H17ClN6O2/c1-13(2)19-11(15)18-12(16)20(13)22-7-10(21)17-9-5-3-8(14)4-6-9/h3-6H,7H2,1-2H3,(H,17,21)(H4,15,16,18,19). The van der Waals surface area contributed by atoms with Crippen LogP contribution in [0.5, 0.6) is 0 Å². The Morgan fingerprint density at radius 3 is 2.59 bits per heavy atom. The van der Waals surface area contributed by atoms with E-state index in [-0.39, 0.29) is 24.4 Å². The molecular formula is C13H17ClN6O2. The number of nitrogens with zero attached hydrogens (tertiary/aromatic N) is 3. The van der Waals surface area contributed by atoms with Crippen LogP contribution in [0.4, 0.5) is 5.69 Å². The molecule has 0 radical (unpaired) electrons. The third-order valence-corrected chi connectivity index (χ3v) is 3.03. The van der Waals surface area contributed by atoms with Gasteiger partial charge in [-0.25, -0.2) is 4.99 Å². The fourth-order valence-electron chi connectivity index (χ4n) is 1.87. The fraction of sp³-hybridized carbons (Fsp3) is 0.308. The Morgan fingerprint density at radius 1 is 1.36 bits per heavy atom. The molecule has 0 atom stereocenters. The van der Waals surface area contributed by atoms with Gasteiger partial charge < -0.3 is 16.8 Å². The van der Waals surface area contributed by atoms with Gasteiger partial charge in [0, 0.05) is 10.7 Å². The minimum Gasteiger partial charge on any atom is -0.368 e. The lowest BCUT2D eigenvalue weighted by Crippen LogP contribution is -2.54. The molecule has 1 amide bonds. The highest BCUT2D eigenvalue weighted by atomic mass is 35.5. The van der Waals surface area contributed by atoms with E-state index in [0.29, 0.717) is 10.7 Å². The zero-order valence-corrected chi connectivity index (χ0v) is 13.0. The van der Waals surface area contributed by atoms with E-state index < -0.39 is 5.66 Å². The number of benzene rings is 1. The fourth-order valence-corrected chi connectivity index (χ4v) is 2.00. The van der Waals surface area contributed by atoms with Gasteiger partial charge in [-0.1, -0.05) is 11.6 Å². The molecule has 0 unspecified atom stereocenters. The molecule has 0 bridgehead atoms. The van der Waals surface area contributed by atoms with Crippen LogP contribution >= 0.6 is 11.6 Å². The molecule has 0 saturated carbocycles. The topological polar surface area (TPSA) is 118 Å². The smallest absolute Gasteiger partial charge is 0.253 e. The van der Waals surface area contributed by atoms with Crippen LogP contribution in [-0.4, -0.2) is 35.2 Å². The lowest BCUT2D eigenvalue weighted by molar-refractivity contribution is -0.165. The van der Waals surface area contributed by atoms with E-state index in [1.165, 1.54) is 5.06 Å². The normalized spacial score (nSPS) is 16.8. The van der Waals surface area contributed by atoms with E-state index in [1.807, 2.05) is 0 Å². The van der Waals surface area contributed by atoms with Crippen molar-refractivity contribution in [3.05, 3.63) is 29.3 Å². The molecule has 1 aliphatic rings. The second-order valence-corrected chi connectivity index (χ2v) is 5.49. The number of carbonyl (C=O) groups excluding carboxylic acids is 1. The number of anilines is 1. The summed E-state index contributed by atoms with van der Waals surface area (Å²) in [6, 6.07) is 6.72. The number of guanidine groups is 2. The Kier molecular flexibility index (Phi) is 4.53. The van der Waals surface area contributed by atoms with Crippen molar-refractivity contribution < 1.29 is 9.63 Å². The third kappa shape index (κ3) is 3.86. The molecule has 22 heavy (non-hydrogen) atoms. The largest absolute Gasteiger partial charge is 0.368 e. The van der Waals surface area contributed by atoms with Crippen molar-refractivity contribution in [2.24, 2.45) is 21.5 Å². The number of amides is 1. The van der Waals surface area contributed by atoms with E-state index in [1.54, 1.807) is 38.1 Å². The van der Waals surface area contributed by atoms with Crippen LogP contribution in [0.3, 0.4) is 0 Å². The number of carbonyl (C=O) groups is 1. The molecule has 8 nitrogen and oxygen atoms in total. The van der Waals surface area contributed by atoms with Crippen LogP contribution in [0.15, 0.2) is 34.3 Å². The Labute approximate surface area is 132 Å². The van der Waals surface area contributed by atoms with Crippen LogP contribution in [-0.2, 0) is 9.63 Å². The van der Waals surface area contributed by atoms with E-state index in [4.69, 9.17) is 27.9 Å². The molecule has 0 aliphatic carbocycles. The second kappa shape index (κ2) is 6.20. The maximum Gasteiger partial charge on any atom is 0.253 e. The zero-order chi connectivity index (χ0) is 16.3. The van der Waals surface area contributed by atoms with Gasteiger partial charge in [0.15, 0.2) is 12.3 Å². The molecule has 0 fully saturated rings. The van der Waals surface area contributed by atoms with Crippen molar-refractivity contribution in [1.29, 1.82) is 0 Å². The van der Waals surface area contributed by atoms with Gasteiger partial charge in [-0.3, -0.25) is 9.63 Å². The summed E-state index contributed by atoms with van der Waals surface area (Å²) in [5, 5.41) is 4.50. The number of nitrogens with two attached hydrogens (primary N) is 2. The molecule has 1 aromatic rings. The SMILES string of the molecule is CC1(C)N=C(N)N=C(N)N1OCC(=O)Nc1ccc(Cl)cc1. The molecular weight excluding hydrogens is 308 g/mol. The Balaban J connectivity index is 1.93. The van der Waals surface area contributed by atoms with Crippen LogP contribution in [0.1, 0.15) is 13.8 Å². The van der Waals surface area contributed by atoms with Crippen molar-refractivity contribution in [1.82, 2.24) is 5.06 Å². The average molecular weight is 325 g/mol. The van der Waals surface area contributed by atoms with Crippen LogP contribution in [0, 0.1) is 0 Å². The summed E-state index contributed by atoms with van der Waals surface area (Å²) in [5.41, 5.74) is 11.0. The summed E-state index contributed by atoms with van der Waals surface area (Å²) in [6.07, 6.45) is 0. The molecule has 9 heteroatoms. The second-order valence-electron chi connectivity index (χ2n) is 5.06. The van der Waals surface area contributed by atoms with Gasteiger partial charge in [0.25, 0.3) is 5.91 Å². The first-order valence-corrected chi connectivity index (χ1v) is 6.84. The molecule has 118 valence electrons. The molecule has 0 saturated heterocycles. The van der Waals surface area contributed by atoms with Gasteiger partial charge in [0.05, 0.1) is 0 Å². The minimum atomic E-state index is -0.851. The summed E-state index contributed by atoms with van der Waals surface area (Å²) >= 11 is 5.78. The maximum atomic E-state index is 11.9. The molecule has 1 aliphatic heterocycles. The molecule has 0 aromatic heterocycles. The van der Waals surface area contributed by atoms with Gasteiger partial charge in [-0.15, -0.1) is 0 Å². The zero-order valence-electron chi connectivity index (χ0n) is 12.2. The first-order valence-electron chi connectivity index (χ1n) is 6.46.